The molecule has 23 heavy (non-hydrogen) atoms. The highest BCUT2D eigenvalue weighted by Gasteiger charge is 2.45. The van der Waals surface area contributed by atoms with E-state index >= 15 is 0 Å². The molecule has 0 fully saturated rings. The number of anilines is 1. The summed E-state index contributed by atoms with van der Waals surface area (Å²) in [6.07, 6.45) is 1.21. The highest BCUT2D eigenvalue weighted by Crippen LogP contribution is 2.40. The summed E-state index contributed by atoms with van der Waals surface area (Å²) < 4.78 is 0. The summed E-state index contributed by atoms with van der Waals surface area (Å²) >= 11 is 5.92. The summed E-state index contributed by atoms with van der Waals surface area (Å²) in [5, 5.41) is 9.54. The molecule has 1 unspecified atom stereocenters. The minimum atomic E-state index is -1.45. The molecule has 1 aromatic heterocycles. The largest absolute Gasteiger partial charge is 0.464 e. The fraction of sp³-hybridized carbons (Fsp3) is 0.133. The molecule has 0 spiro atoms. The summed E-state index contributed by atoms with van der Waals surface area (Å²) in [6, 6.07) is 4.28. The Morgan fingerprint density at radius 2 is 2.00 bits per heavy atom. The summed E-state index contributed by atoms with van der Waals surface area (Å²) in [4.78, 5) is 44.9. The molecular weight excluding hydrogens is 322 g/mol. The number of halogens is 1. The van der Waals surface area contributed by atoms with Gasteiger partial charge in [0.15, 0.2) is 5.78 Å². The number of rotatable bonds is 2. The van der Waals surface area contributed by atoms with Crippen molar-refractivity contribution in [2.45, 2.75) is 12.8 Å². The molecule has 3 rings (SSSR count). The first-order valence-electron chi connectivity index (χ1n) is 6.59. The smallest absolute Gasteiger partial charge is 0.418 e. The Labute approximate surface area is 135 Å². The van der Waals surface area contributed by atoms with Crippen LogP contribution >= 0.6 is 11.6 Å². The molecule has 2 aromatic rings. The normalized spacial score (nSPS) is 16.3. The van der Waals surface area contributed by atoms with Gasteiger partial charge in [0, 0.05) is 11.2 Å². The molecule has 1 N–H and O–H groups in total. The zero-order valence-electron chi connectivity index (χ0n) is 11.9. The van der Waals surface area contributed by atoms with E-state index in [1.165, 1.54) is 30.6 Å². The molecule has 116 valence electrons. The van der Waals surface area contributed by atoms with E-state index < -0.39 is 23.7 Å². The van der Waals surface area contributed by atoms with Crippen LogP contribution < -0.4 is 4.90 Å². The van der Waals surface area contributed by atoms with Crippen LogP contribution in [0, 0.1) is 6.92 Å². The van der Waals surface area contributed by atoms with Crippen molar-refractivity contribution in [3.05, 3.63) is 52.6 Å². The minimum Gasteiger partial charge on any atom is -0.464 e. The Balaban J connectivity index is 2.11. The number of aryl methyl sites for hydroxylation is 1. The summed E-state index contributed by atoms with van der Waals surface area (Å²) in [5.74, 6) is -2.76. The van der Waals surface area contributed by atoms with Crippen molar-refractivity contribution in [3.8, 4) is 0 Å². The van der Waals surface area contributed by atoms with Gasteiger partial charge in [-0.2, -0.15) is 0 Å². The number of imide groups is 1. The Kier molecular flexibility index (Phi) is 3.57. The van der Waals surface area contributed by atoms with E-state index in [0.29, 0.717) is 15.6 Å². The average Bonchev–Trinajstić information content (AvgIpc) is 2.78. The van der Waals surface area contributed by atoms with E-state index in [1.54, 1.807) is 6.92 Å². The van der Waals surface area contributed by atoms with Crippen LogP contribution in [0.2, 0.25) is 5.02 Å². The van der Waals surface area contributed by atoms with E-state index in [1.807, 2.05) is 0 Å². The highest BCUT2D eigenvalue weighted by molar-refractivity contribution is 6.32. The van der Waals surface area contributed by atoms with Crippen molar-refractivity contribution in [2.24, 2.45) is 0 Å². The molecular formula is C15H10ClN3O4. The van der Waals surface area contributed by atoms with Gasteiger partial charge in [-0.15, -0.1) is 0 Å². The van der Waals surface area contributed by atoms with Crippen molar-refractivity contribution < 1.29 is 19.5 Å². The van der Waals surface area contributed by atoms with Gasteiger partial charge >= 0.3 is 6.09 Å². The molecule has 1 aliphatic heterocycles. The van der Waals surface area contributed by atoms with Gasteiger partial charge in [0.1, 0.15) is 11.6 Å². The summed E-state index contributed by atoms with van der Waals surface area (Å²) in [6.45, 7) is 1.71. The molecule has 7 nitrogen and oxygen atoms in total. The van der Waals surface area contributed by atoms with E-state index in [2.05, 4.69) is 9.97 Å². The van der Waals surface area contributed by atoms with Gasteiger partial charge in [-0.3, -0.25) is 14.6 Å². The first-order chi connectivity index (χ1) is 10.9. The minimum absolute atomic E-state index is 0.00730. The summed E-state index contributed by atoms with van der Waals surface area (Å²) in [7, 11) is 0. The highest BCUT2D eigenvalue weighted by atomic mass is 35.5. The number of amides is 2. The van der Waals surface area contributed by atoms with Gasteiger partial charge in [-0.25, -0.2) is 14.7 Å². The van der Waals surface area contributed by atoms with Gasteiger partial charge in [-0.05, 0) is 30.7 Å². The number of hydrogen-bond donors (Lipinski definition) is 1. The number of carbonyl (C=O) groups excluding carboxylic acids is 2. The van der Waals surface area contributed by atoms with Crippen LogP contribution in [0.1, 0.15) is 27.7 Å². The maximum atomic E-state index is 12.6. The van der Waals surface area contributed by atoms with Crippen LogP contribution in [0.5, 0.6) is 0 Å². The number of benzene rings is 1. The van der Waals surface area contributed by atoms with Gasteiger partial charge in [0.05, 0.1) is 17.6 Å². The third-order valence-corrected chi connectivity index (χ3v) is 3.73. The average molecular weight is 332 g/mol. The first-order valence-corrected chi connectivity index (χ1v) is 6.97. The number of carbonyl (C=O) groups is 3. The van der Waals surface area contributed by atoms with Crippen LogP contribution in [0.4, 0.5) is 10.5 Å². The Bertz CT molecular complexity index is 835. The van der Waals surface area contributed by atoms with Crippen LogP contribution in [0.25, 0.3) is 0 Å². The lowest BCUT2D eigenvalue weighted by Crippen LogP contribution is -2.35. The lowest BCUT2D eigenvalue weighted by atomic mass is 9.94. The predicted octanol–water partition coefficient (Wildman–Crippen LogP) is 2.43. The second kappa shape index (κ2) is 5.44. The second-order valence-electron chi connectivity index (χ2n) is 5.00. The number of Topliss-reactive ketones (excluding diaryl/α,β-unsaturated/α-hetero) is 1. The molecule has 0 bridgehead atoms. The fourth-order valence-corrected chi connectivity index (χ4v) is 2.64. The number of nitrogens with zero attached hydrogens (tertiary/aromatic N) is 3. The van der Waals surface area contributed by atoms with E-state index in [4.69, 9.17) is 11.6 Å². The third-order valence-electron chi connectivity index (χ3n) is 3.50. The lowest BCUT2D eigenvalue weighted by Gasteiger charge is -2.10. The SMILES string of the molecule is Cc1cnc(C(=O)C2C(=O)N(C(=O)O)c3ccc(Cl)cc32)cn1. The van der Waals surface area contributed by atoms with Crippen molar-refractivity contribution in [1.82, 2.24) is 9.97 Å². The molecule has 0 saturated heterocycles. The quantitative estimate of drug-likeness (QED) is 0.670. The number of hydrogen-bond acceptors (Lipinski definition) is 5. The van der Waals surface area contributed by atoms with E-state index in [0.717, 1.165) is 0 Å². The molecule has 1 atom stereocenters. The monoisotopic (exact) mass is 331 g/mol. The van der Waals surface area contributed by atoms with Crippen molar-refractivity contribution in [3.63, 3.8) is 0 Å². The van der Waals surface area contributed by atoms with Crippen molar-refractivity contribution in [2.75, 3.05) is 4.90 Å². The molecule has 8 heteroatoms. The molecule has 0 aliphatic carbocycles. The number of carboxylic acid groups (broad SMARTS) is 1. The fourth-order valence-electron chi connectivity index (χ4n) is 2.46. The zero-order chi connectivity index (χ0) is 16.7. The van der Waals surface area contributed by atoms with Gasteiger partial charge < -0.3 is 5.11 Å². The maximum absolute atomic E-state index is 12.6. The standard InChI is InChI=1S/C15H10ClN3O4/c1-7-5-18-10(6-17-7)13(20)12-9-4-8(16)2-3-11(9)19(14(12)21)15(22)23/h2-6,12H,1H3,(H,22,23). The number of aromatic nitrogens is 2. The van der Waals surface area contributed by atoms with Crippen molar-refractivity contribution >= 4 is 35.1 Å². The molecule has 1 aliphatic rings. The van der Waals surface area contributed by atoms with E-state index in [-0.39, 0.29) is 16.9 Å². The molecule has 0 saturated carbocycles. The predicted molar refractivity (Wildman–Crippen MR) is 80.8 cm³/mol. The Morgan fingerprint density at radius 1 is 1.26 bits per heavy atom. The van der Waals surface area contributed by atoms with E-state index in [9.17, 15) is 19.5 Å². The zero-order valence-corrected chi connectivity index (χ0v) is 12.6. The topological polar surface area (TPSA) is 100 Å². The maximum Gasteiger partial charge on any atom is 0.418 e. The third kappa shape index (κ3) is 2.44. The number of ketones is 1. The molecule has 1 aromatic carbocycles. The van der Waals surface area contributed by atoms with Crippen LogP contribution in [0.3, 0.4) is 0 Å². The molecule has 0 radical (unpaired) electrons. The van der Waals surface area contributed by atoms with Gasteiger partial charge in [0.2, 0.25) is 0 Å². The second-order valence-corrected chi connectivity index (χ2v) is 5.44. The molecule has 2 amide bonds. The summed E-state index contributed by atoms with van der Waals surface area (Å²) in [5.41, 5.74) is 0.990. The Morgan fingerprint density at radius 3 is 2.61 bits per heavy atom. The molecule has 2 heterocycles. The number of fused-ring (bicyclic) bond motifs is 1. The lowest BCUT2D eigenvalue weighted by molar-refractivity contribution is -0.117. The van der Waals surface area contributed by atoms with Crippen molar-refractivity contribution in [1.29, 1.82) is 0 Å². The Hall–Kier alpha value is -2.80. The van der Waals surface area contributed by atoms with Crippen LogP contribution in [-0.4, -0.2) is 32.9 Å². The first kappa shape index (κ1) is 15.1. The van der Waals surface area contributed by atoms with Crippen LogP contribution in [0.15, 0.2) is 30.6 Å². The van der Waals surface area contributed by atoms with Crippen LogP contribution in [-0.2, 0) is 4.79 Å². The van der Waals surface area contributed by atoms with Gasteiger partial charge in [-0.1, -0.05) is 11.6 Å². The van der Waals surface area contributed by atoms with Gasteiger partial charge in [0.25, 0.3) is 5.91 Å².